The van der Waals surface area contributed by atoms with E-state index in [1.54, 1.807) is 11.3 Å². The molecule has 23 heavy (non-hydrogen) atoms. The average Bonchev–Trinajstić information content (AvgIpc) is 2.99. The van der Waals surface area contributed by atoms with E-state index in [0.29, 0.717) is 13.0 Å². The fraction of sp³-hybridized carbons (Fsp3) is 0.562. The van der Waals surface area contributed by atoms with Crippen molar-refractivity contribution in [2.24, 2.45) is 0 Å². The number of nitriles is 1. The van der Waals surface area contributed by atoms with E-state index in [1.165, 1.54) is 0 Å². The molecule has 0 unspecified atom stereocenters. The molecule has 0 atom stereocenters. The van der Waals surface area contributed by atoms with E-state index in [0.717, 1.165) is 41.5 Å². The molecule has 124 valence electrons. The van der Waals surface area contributed by atoms with E-state index in [-0.39, 0.29) is 0 Å². The SMILES string of the molecule is CN(C)CCCN(C)c1nc(N(C)CCC#N)c2sccc2n1. The zero-order valence-electron chi connectivity index (χ0n) is 14.3. The summed E-state index contributed by atoms with van der Waals surface area (Å²) in [5.41, 5.74) is 0.971. The summed E-state index contributed by atoms with van der Waals surface area (Å²) in [4.78, 5) is 15.7. The van der Waals surface area contributed by atoms with Crippen molar-refractivity contribution in [2.75, 3.05) is 57.6 Å². The molecule has 0 saturated heterocycles. The van der Waals surface area contributed by atoms with Crippen LogP contribution >= 0.6 is 11.3 Å². The van der Waals surface area contributed by atoms with Gasteiger partial charge in [-0.15, -0.1) is 11.3 Å². The van der Waals surface area contributed by atoms with Crippen LogP contribution in [0.25, 0.3) is 10.2 Å². The first-order valence-electron chi connectivity index (χ1n) is 7.72. The number of aromatic nitrogens is 2. The Balaban J connectivity index is 2.22. The third kappa shape index (κ3) is 4.53. The molecule has 2 heterocycles. The molecule has 0 bridgehead atoms. The topological polar surface area (TPSA) is 59.3 Å². The zero-order valence-corrected chi connectivity index (χ0v) is 15.1. The summed E-state index contributed by atoms with van der Waals surface area (Å²) in [7, 11) is 8.17. The minimum atomic E-state index is 0.487. The summed E-state index contributed by atoms with van der Waals surface area (Å²) in [6, 6.07) is 4.22. The summed E-state index contributed by atoms with van der Waals surface area (Å²) >= 11 is 1.64. The summed E-state index contributed by atoms with van der Waals surface area (Å²) < 4.78 is 1.08. The van der Waals surface area contributed by atoms with Gasteiger partial charge in [-0.25, -0.2) is 4.98 Å². The van der Waals surface area contributed by atoms with Crippen molar-refractivity contribution in [3.63, 3.8) is 0 Å². The second-order valence-electron chi connectivity index (χ2n) is 5.89. The molecule has 0 fully saturated rings. The van der Waals surface area contributed by atoms with Crippen molar-refractivity contribution in [2.45, 2.75) is 12.8 Å². The number of hydrogen-bond acceptors (Lipinski definition) is 7. The van der Waals surface area contributed by atoms with Gasteiger partial charge in [-0.05, 0) is 38.5 Å². The van der Waals surface area contributed by atoms with Gasteiger partial charge in [0.05, 0.1) is 22.7 Å². The van der Waals surface area contributed by atoms with Gasteiger partial charge in [0.25, 0.3) is 0 Å². The first-order valence-corrected chi connectivity index (χ1v) is 8.60. The third-order valence-electron chi connectivity index (χ3n) is 3.63. The molecule has 6 nitrogen and oxygen atoms in total. The van der Waals surface area contributed by atoms with Crippen LogP contribution in [0, 0.1) is 11.3 Å². The van der Waals surface area contributed by atoms with Crippen LogP contribution in [0.3, 0.4) is 0 Å². The molecule has 2 aromatic heterocycles. The van der Waals surface area contributed by atoms with Crippen LogP contribution in [0.15, 0.2) is 11.4 Å². The minimum Gasteiger partial charge on any atom is -0.357 e. The van der Waals surface area contributed by atoms with E-state index in [2.05, 4.69) is 34.9 Å². The number of hydrogen-bond donors (Lipinski definition) is 0. The van der Waals surface area contributed by atoms with Crippen LogP contribution in [0.4, 0.5) is 11.8 Å². The molecular formula is C16H24N6S. The lowest BCUT2D eigenvalue weighted by Gasteiger charge is -2.22. The Morgan fingerprint density at radius 3 is 2.57 bits per heavy atom. The van der Waals surface area contributed by atoms with Gasteiger partial charge < -0.3 is 14.7 Å². The second-order valence-corrected chi connectivity index (χ2v) is 6.81. The Hall–Kier alpha value is -1.91. The third-order valence-corrected chi connectivity index (χ3v) is 4.53. The number of thiophene rings is 1. The highest BCUT2D eigenvalue weighted by Gasteiger charge is 2.15. The van der Waals surface area contributed by atoms with E-state index in [1.807, 2.05) is 30.4 Å². The minimum absolute atomic E-state index is 0.487. The zero-order chi connectivity index (χ0) is 16.8. The lowest BCUT2D eigenvalue weighted by atomic mass is 10.3. The molecule has 0 N–H and O–H groups in total. The summed E-state index contributed by atoms with van der Waals surface area (Å²) in [6.45, 7) is 2.62. The van der Waals surface area contributed by atoms with Gasteiger partial charge in [0.1, 0.15) is 0 Å². The normalized spacial score (nSPS) is 11.0. The standard InChI is InChI=1S/C16H24N6S/c1-20(2)9-6-11-22(4)16-18-13-7-12-23-14(13)15(19-16)21(3)10-5-8-17/h7,12H,5-6,9-11H2,1-4H3. The Kier molecular flexibility index (Phi) is 6.13. The molecule has 0 radical (unpaired) electrons. The van der Waals surface area contributed by atoms with Crippen molar-refractivity contribution in [1.29, 1.82) is 5.26 Å². The highest BCUT2D eigenvalue weighted by molar-refractivity contribution is 7.17. The lowest BCUT2D eigenvalue weighted by Crippen LogP contribution is -2.26. The number of rotatable bonds is 8. The van der Waals surface area contributed by atoms with Crippen molar-refractivity contribution >= 4 is 33.3 Å². The van der Waals surface area contributed by atoms with E-state index in [9.17, 15) is 0 Å². The highest BCUT2D eigenvalue weighted by atomic mass is 32.1. The van der Waals surface area contributed by atoms with E-state index >= 15 is 0 Å². The molecule has 0 amide bonds. The van der Waals surface area contributed by atoms with Crippen molar-refractivity contribution in [3.05, 3.63) is 11.4 Å². The number of fused-ring (bicyclic) bond motifs is 1. The van der Waals surface area contributed by atoms with Gasteiger partial charge in [0, 0.05) is 27.2 Å². The van der Waals surface area contributed by atoms with Crippen LogP contribution in [-0.2, 0) is 0 Å². The fourth-order valence-corrected chi connectivity index (χ4v) is 3.19. The molecule has 0 aliphatic heterocycles. The molecule has 0 saturated carbocycles. The molecule has 2 aromatic rings. The van der Waals surface area contributed by atoms with Crippen LogP contribution in [0.1, 0.15) is 12.8 Å². The lowest BCUT2D eigenvalue weighted by molar-refractivity contribution is 0.401. The molecule has 0 aromatic carbocycles. The van der Waals surface area contributed by atoms with Gasteiger partial charge in [0.15, 0.2) is 5.82 Å². The predicted molar refractivity (Wildman–Crippen MR) is 97.4 cm³/mol. The monoisotopic (exact) mass is 332 g/mol. The van der Waals surface area contributed by atoms with Gasteiger partial charge >= 0.3 is 0 Å². The van der Waals surface area contributed by atoms with Crippen molar-refractivity contribution in [3.8, 4) is 6.07 Å². The molecule has 7 heteroatoms. The van der Waals surface area contributed by atoms with Crippen LogP contribution in [0.5, 0.6) is 0 Å². The highest BCUT2D eigenvalue weighted by Crippen LogP contribution is 2.30. The summed E-state index contributed by atoms with van der Waals surface area (Å²) in [6.07, 6.45) is 1.55. The average molecular weight is 332 g/mol. The molecule has 0 aliphatic rings. The predicted octanol–water partition coefficient (Wildman–Crippen LogP) is 2.43. The van der Waals surface area contributed by atoms with Crippen LogP contribution < -0.4 is 9.80 Å². The Labute approximate surface area is 142 Å². The van der Waals surface area contributed by atoms with Crippen LogP contribution in [-0.4, -0.2) is 62.7 Å². The maximum absolute atomic E-state index is 8.80. The first kappa shape index (κ1) is 17.4. The maximum atomic E-state index is 8.80. The van der Waals surface area contributed by atoms with Gasteiger partial charge in [-0.1, -0.05) is 0 Å². The Bertz CT molecular complexity index is 675. The molecule has 2 rings (SSSR count). The van der Waals surface area contributed by atoms with Gasteiger partial charge in [-0.3, -0.25) is 0 Å². The molecule has 0 aliphatic carbocycles. The van der Waals surface area contributed by atoms with E-state index < -0.39 is 0 Å². The Morgan fingerprint density at radius 2 is 1.87 bits per heavy atom. The van der Waals surface area contributed by atoms with E-state index in [4.69, 9.17) is 10.2 Å². The summed E-state index contributed by atoms with van der Waals surface area (Å²) in [5, 5.41) is 10.8. The van der Waals surface area contributed by atoms with Gasteiger partial charge in [0.2, 0.25) is 5.95 Å². The maximum Gasteiger partial charge on any atom is 0.227 e. The largest absolute Gasteiger partial charge is 0.357 e. The molecule has 0 spiro atoms. The molecular weight excluding hydrogens is 308 g/mol. The summed E-state index contributed by atoms with van der Waals surface area (Å²) in [5.74, 6) is 1.66. The quantitative estimate of drug-likeness (QED) is 0.740. The van der Waals surface area contributed by atoms with Crippen molar-refractivity contribution in [1.82, 2.24) is 14.9 Å². The first-order chi connectivity index (χ1) is 11.0. The number of anilines is 2. The van der Waals surface area contributed by atoms with Crippen LogP contribution in [0.2, 0.25) is 0 Å². The second kappa shape index (κ2) is 8.09. The van der Waals surface area contributed by atoms with Crippen molar-refractivity contribution < 1.29 is 0 Å². The number of nitrogens with zero attached hydrogens (tertiary/aromatic N) is 6. The Morgan fingerprint density at radius 1 is 1.09 bits per heavy atom. The van der Waals surface area contributed by atoms with Gasteiger partial charge in [-0.2, -0.15) is 10.2 Å². The fourth-order valence-electron chi connectivity index (χ4n) is 2.31. The smallest absolute Gasteiger partial charge is 0.227 e.